The summed E-state index contributed by atoms with van der Waals surface area (Å²) in [5, 5.41) is 3.98. The van der Waals surface area contributed by atoms with Crippen LogP contribution in [-0.2, 0) is 10.0 Å². The van der Waals surface area contributed by atoms with Crippen molar-refractivity contribution >= 4 is 60.3 Å². The van der Waals surface area contributed by atoms with E-state index in [1.54, 1.807) is 25.1 Å². The predicted octanol–water partition coefficient (Wildman–Crippen LogP) is 6.53. The minimum atomic E-state index is -3.86. The summed E-state index contributed by atoms with van der Waals surface area (Å²) in [7, 11) is -3.86. The molecule has 2 N–H and O–H groups in total. The number of rotatable bonds is 5. The zero-order chi connectivity index (χ0) is 23.0. The summed E-state index contributed by atoms with van der Waals surface area (Å²) in [4.78, 5) is 13.3. The third-order valence-corrected chi connectivity index (χ3v) is 8.28. The molecule has 0 saturated carbocycles. The number of amides is 1. The van der Waals surface area contributed by atoms with E-state index in [-0.39, 0.29) is 10.8 Å². The molecule has 1 aromatic heterocycles. The van der Waals surface area contributed by atoms with E-state index in [1.165, 1.54) is 17.4 Å². The maximum Gasteiger partial charge on any atom is 0.267 e. The predicted molar refractivity (Wildman–Crippen MR) is 133 cm³/mol. The molecule has 0 unspecified atom stereocenters. The summed E-state index contributed by atoms with van der Waals surface area (Å²) in [5.41, 5.74) is 3.33. The van der Waals surface area contributed by atoms with Gasteiger partial charge in [-0.05, 0) is 56.2 Å². The van der Waals surface area contributed by atoms with E-state index in [2.05, 4.69) is 10.0 Å². The van der Waals surface area contributed by atoms with Crippen molar-refractivity contribution in [3.05, 3.63) is 87.3 Å². The average molecular weight is 485 g/mol. The molecule has 0 aliphatic rings. The van der Waals surface area contributed by atoms with Gasteiger partial charge in [-0.3, -0.25) is 9.52 Å². The van der Waals surface area contributed by atoms with Crippen LogP contribution in [0.1, 0.15) is 26.4 Å². The van der Waals surface area contributed by atoms with Crippen LogP contribution >= 0.6 is 22.9 Å². The van der Waals surface area contributed by atoms with Gasteiger partial charge in [0.15, 0.2) is 0 Å². The van der Waals surface area contributed by atoms with Crippen LogP contribution in [0.4, 0.5) is 11.4 Å². The lowest BCUT2D eigenvalue weighted by Crippen LogP contribution is -2.16. The van der Waals surface area contributed by atoms with E-state index in [9.17, 15) is 13.2 Å². The third kappa shape index (κ3) is 4.37. The molecule has 0 saturated heterocycles. The van der Waals surface area contributed by atoms with Gasteiger partial charge in [-0.2, -0.15) is 0 Å². The molecule has 0 atom stereocenters. The maximum absolute atomic E-state index is 13.1. The molecule has 0 aliphatic carbocycles. The summed E-state index contributed by atoms with van der Waals surface area (Å²) in [6.45, 7) is 5.51. The van der Waals surface area contributed by atoms with Gasteiger partial charge in [0.1, 0.15) is 4.88 Å². The van der Waals surface area contributed by atoms with Crippen LogP contribution in [-0.4, -0.2) is 14.3 Å². The average Bonchev–Trinajstić information content (AvgIpc) is 3.08. The van der Waals surface area contributed by atoms with Crippen LogP contribution < -0.4 is 10.0 Å². The first kappa shape index (κ1) is 22.3. The Kier molecular flexibility index (Phi) is 5.99. The molecule has 1 heterocycles. The van der Waals surface area contributed by atoms with E-state index in [0.29, 0.717) is 26.8 Å². The van der Waals surface area contributed by atoms with Crippen LogP contribution in [0.2, 0.25) is 5.02 Å². The molecule has 164 valence electrons. The van der Waals surface area contributed by atoms with Gasteiger partial charge in [-0.1, -0.05) is 53.6 Å². The number of anilines is 2. The van der Waals surface area contributed by atoms with Crippen molar-refractivity contribution in [2.75, 3.05) is 10.0 Å². The molecule has 0 fully saturated rings. The van der Waals surface area contributed by atoms with Crippen molar-refractivity contribution < 1.29 is 13.2 Å². The van der Waals surface area contributed by atoms with Crippen LogP contribution in [0.15, 0.2) is 65.6 Å². The molecule has 0 aliphatic heterocycles. The Hall–Kier alpha value is -2.87. The first-order valence-electron chi connectivity index (χ1n) is 9.85. The molecular weight excluding hydrogens is 464 g/mol. The second-order valence-corrected chi connectivity index (χ2v) is 10.7. The molecule has 5 nitrogen and oxygen atoms in total. The van der Waals surface area contributed by atoms with E-state index < -0.39 is 10.0 Å². The van der Waals surface area contributed by atoms with Gasteiger partial charge in [0, 0.05) is 15.8 Å². The Morgan fingerprint density at radius 2 is 1.69 bits per heavy atom. The second-order valence-electron chi connectivity index (χ2n) is 7.60. The molecule has 4 aromatic rings. The fourth-order valence-corrected chi connectivity index (χ4v) is 6.26. The summed E-state index contributed by atoms with van der Waals surface area (Å²) < 4.78 is 29.8. The molecular formula is C24H21ClN2O3S2. The molecule has 4 rings (SSSR count). The highest BCUT2D eigenvalue weighted by Gasteiger charge is 2.21. The van der Waals surface area contributed by atoms with Crippen molar-refractivity contribution in [2.24, 2.45) is 0 Å². The number of carbonyl (C=O) groups is 1. The monoisotopic (exact) mass is 484 g/mol. The largest absolute Gasteiger partial charge is 0.321 e. The topological polar surface area (TPSA) is 75.3 Å². The van der Waals surface area contributed by atoms with Gasteiger partial charge in [-0.15, -0.1) is 11.3 Å². The quantitative estimate of drug-likeness (QED) is 0.338. The van der Waals surface area contributed by atoms with Crippen LogP contribution in [0.5, 0.6) is 0 Å². The number of benzene rings is 3. The summed E-state index contributed by atoms with van der Waals surface area (Å²) in [5.74, 6) is -0.384. The van der Waals surface area contributed by atoms with E-state index in [4.69, 9.17) is 11.6 Å². The van der Waals surface area contributed by atoms with Crippen molar-refractivity contribution in [3.8, 4) is 0 Å². The molecule has 8 heteroatoms. The van der Waals surface area contributed by atoms with Gasteiger partial charge < -0.3 is 5.32 Å². The smallest absolute Gasteiger partial charge is 0.267 e. The standard InChI is InChI=1S/C24H21ClN2O3S2/c1-14-8-11-19(16(3)12-14)27-32(29,30)21-13-17(10-9-15(21)2)26-24(28)23-22(25)18-6-4-5-7-20(18)31-23/h4-13,27H,1-3H3,(H,26,28). The number of hydrogen-bond acceptors (Lipinski definition) is 4. The second kappa shape index (κ2) is 8.58. The summed E-state index contributed by atoms with van der Waals surface area (Å²) in [6.07, 6.45) is 0. The number of thiophene rings is 1. The van der Waals surface area contributed by atoms with Gasteiger partial charge >= 0.3 is 0 Å². The zero-order valence-corrected chi connectivity index (χ0v) is 20.1. The number of fused-ring (bicyclic) bond motifs is 1. The van der Waals surface area contributed by atoms with E-state index in [1.807, 2.05) is 50.2 Å². The Morgan fingerprint density at radius 1 is 0.938 bits per heavy atom. The first-order valence-corrected chi connectivity index (χ1v) is 12.5. The van der Waals surface area contributed by atoms with Gasteiger partial charge in [0.25, 0.3) is 15.9 Å². The minimum Gasteiger partial charge on any atom is -0.321 e. The summed E-state index contributed by atoms with van der Waals surface area (Å²) in [6, 6.07) is 17.8. The lowest BCUT2D eigenvalue weighted by molar-refractivity contribution is 0.103. The highest BCUT2D eigenvalue weighted by molar-refractivity contribution is 7.92. The Bertz CT molecular complexity index is 1460. The fourth-order valence-electron chi connectivity index (χ4n) is 3.44. The SMILES string of the molecule is Cc1ccc(NS(=O)(=O)c2cc(NC(=O)c3sc4ccccc4c3Cl)ccc2C)c(C)c1. The van der Waals surface area contributed by atoms with Gasteiger partial charge in [0.05, 0.1) is 15.6 Å². The number of sulfonamides is 1. The van der Waals surface area contributed by atoms with E-state index >= 15 is 0 Å². The highest BCUT2D eigenvalue weighted by Crippen LogP contribution is 2.35. The van der Waals surface area contributed by atoms with Crippen molar-refractivity contribution in [1.29, 1.82) is 0 Å². The number of halogens is 1. The molecule has 0 radical (unpaired) electrons. The molecule has 32 heavy (non-hydrogen) atoms. The number of aryl methyl sites for hydroxylation is 3. The Balaban J connectivity index is 1.63. The maximum atomic E-state index is 13.1. The van der Waals surface area contributed by atoms with Crippen LogP contribution in [0.25, 0.3) is 10.1 Å². The molecule has 0 spiro atoms. The van der Waals surface area contributed by atoms with E-state index in [0.717, 1.165) is 21.2 Å². The first-order chi connectivity index (χ1) is 15.2. The van der Waals surface area contributed by atoms with Crippen molar-refractivity contribution in [2.45, 2.75) is 25.7 Å². The van der Waals surface area contributed by atoms with Gasteiger partial charge in [-0.25, -0.2) is 8.42 Å². The number of hydrogen-bond donors (Lipinski definition) is 2. The zero-order valence-electron chi connectivity index (χ0n) is 17.7. The Labute approximate surface area is 196 Å². The highest BCUT2D eigenvalue weighted by atomic mass is 35.5. The lowest BCUT2D eigenvalue weighted by Gasteiger charge is -2.14. The van der Waals surface area contributed by atoms with Gasteiger partial charge in [0.2, 0.25) is 0 Å². The van der Waals surface area contributed by atoms with Crippen LogP contribution in [0.3, 0.4) is 0 Å². The third-order valence-electron chi connectivity index (χ3n) is 5.10. The normalized spacial score (nSPS) is 11.5. The van der Waals surface area contributed by atoms with Crippen molar-refractivity contribution in [1.82, 2.24) is 0 Å². The molecule has 0 bridgehead atoms. The van der Waals surface area contributed by atoms with Crippen molar-refractivity contribution in [3.63, 3.8) is 0 Å². The van der Waals surface area contributed by atoms with Crippen LogP contribution in [0, 0.1) is 20.8 Å². The molecule has 3 aromatic carbocycles. The number of nitrogens with one attached hydrogen (secondary N) is 2. The summed E-state index contributed by atoms with van der Waals surface area (Å²) >= 11 is 7.70. The number of carbonyl (C=O) groups excluding carboxylic acids is 1. The lowest BCUT2D eigenvalue weighted by atomic mass is 10.1. The minimum absolute atomic E-state index is 0.0951. The molecule has 1 amide bonds. The fraction of sp³-hybridized carbons (Fsp3) is 0.125. The Morgan fingerprint density at radius 3 is 2.41 bits per heavy atom.